The highest BCUT2D eigenvalue weighted by molar-refractivity contribution is 4.88. The van der Waals surface area contributed by atoms with E-state index in [0.717, 1.165) is 31.6 Å². The summed E-state index contributed by atoms with van der Waals surface area (Å²) in [6.45, 7) is 4.49. The van der Waals surface area contributed by atoms with Crippen molar-refractivity contribution in [2.24, 2.45) is 23.7 Å². The summed E-state index contributed by atoms with van der Waals surface area (Å²) in [5, 5.41) is 19.6. The molecular weight excluding hydrogens is 200 g/mol. The Balaban J connectivity index is 2.00. The third-order valence-corrected chi connectivity index (χ3v) is 5.08. The van der Waals surface area contributed by atoms with Crippen LogP contribution in [-0.2, 0) is 0 Å². The highest BCUT2D eigenvalue weighted by atomic mass is 16.3. The molecule has 94 valence electrons. The maximum absolute atomic E-state index is 9.97. The second-order valence-corrected chi connectivity index (χ2v) is 6.13. The minimum atomic E-state index is -0.0854. The Morgan fingerprint density at radius 2 is 1.62 bits per heavy atom. The summed E-state index contributed by atoms with van der Waals surface area (Å²) in [5.74, 6) is 2.50. The van der Waals surface area contributed by atoms with Crippen LogP contribution in [-0.4, -0.2) is 22.4 Å². The van der Waals surface area contributed by atoms with Gasteiger partial charge in [-0.1, -0.05) is 20.3 Å². The van der Waals surface area contributed by atoms with E-state index in [1.54, 1.807) is 0 Å². The largest absolute Gasteiger partial charge is 0.393 e. The molecule has 2 rings (SSSR count). The fourth-order valence-electron chi connectivity index (χ4n) is 4.01. The van der Waals surface area contributed by atoms with Gasteiger partial charge in [0.05, 0.1) is 12.2 Å². The molecule has 0 aromatic rings. The Labute approximate surface area is 99.1 Å². The molecular formula is C14H26O2. The predicted octanol–water partition coefficient (Wildman–Crippen LogP) is 2.58. The van der Waals surface area contributed by atoms with Gasteiger partial charge in [-0.2, -0.15) is 0 Å². The summed E-state index contributed by atoms with van der Waals surface area (Å²) in [7, 11) is 0. The zero-order valence-electron chi connectivity index (χ0n) is 10.6. The van der Waals surface area contributed by atoms with Crippen LogP contribution < -0.4 is 0 Å². The number of hydrogen-bond donors (Lipinski definition) is 2. The van der Waals surface area contributed by atoms with Crippen molar-refractivity contribution in [1.29, 1.82) is 0 Å². The quantitative estimate of drug-likeness (QED) is 0.721. The molecule has 2 saturated carbocycles. The molecule has 2 fully saturated rings. The van der Waals surface area contributed by atoms with Crippen molar-refractivity contribution < 1.29 is 10.2 Å². The van der Waals surface area contributed by atoms with Gasteiger partial charge in [-0.15, -0.1) is 0 Å². The van der Waals surface area contributed by atoms with E-state index in [0.29, 0.717) is 17.8 Å². The Hall–Kier alpha value is -0.0800. The molecule has 0 amide bonds. The van der Waals surface area contributed by atoms with Crippen LogP contribution in [0.2, 0.25) is 0 Å². The van der Waals surface area contributed by atoms with Crippen molar-refractivity contribution in [2.45, 2.75) is 64.6 Å². The number of aliphatic hydroxyl groups excluding tert-OH is 2. The molecule has 0 heterocycles. The monoisotopic (exact) mass is 226 g/mol. The van der Waals surface area contributed by atoms with Crippen LogP contribution >= 0.6 is 0 Å². The van der Waals surface area contributed by atoms with Crippen molar-refractivity contribution in [3.63, 3.8) is 0 Å². The van der Waals surface area contributed by atoms with Crippen molar-refractivity contribution in [3.05, 3.63) is 0 Å². The first-order valence-electron chi connectivity index (χ1n) is 6.95. The van der Waals surface area contributed by atoms with E-state index in [-0.39, 0.29) is 12.2 Å². The van der Waals surface area contributed by atoms with E-state index in [1.165, 1.54) is 12.8 Å². The van der Waals surface area contributed by atoms with E-state index in [9.17, 15) is 10.2 Å². The van der Waals surface area contributed by atoms with Crippen LogP contribution in [0.15, 0.2) is 0 Å². The molecule has 16 heavy (non-hydrogen) atoms. The molecule has 2 aliphatic carbocycles. The van der Waals surface area contributed by atoms with E-state index in [2.05, 4.69) is 13.8 Å². The first kappa shape index (κ1) is 12.4. The van der Waals surface area contributed by atoms with Crippen molar-refractivity contribution in [2.75, 3.05) is 0 Å². The van der Waals surface area contributed by atoms with Crippen LogP contribution in [0.5, 0.6) is 0 Å². The van der Waals surface area contributed by atoms with Crippen molar-refractivity contribution in [1.82, 2.24) is 0 Å². The topological polar surface area (TPSA) is 40.5 Å². The highest BCUT2D eigenvalue weighted by Crippen LogP contribution is 2.43. The lowest BCUT2D eigenvalue weighted by Gasteiger charge is -2.43. The zero-order chi connectivity index (χ0) is 11.7. The lowest BCUT2D eigenvalue weighted by atomic mass is 9.64. The molecule has 6 unspecified atom stereocenters. The van der Waals surface area contributed by atoms with Gasteiger partial charge in [0.15, 0.2) is 0 Å². The Kier molecular flexibility index (Phi) is 3.91. The average Bonchev–Trinajstić information content (AvgIpc) is 2.23. The van der Waals surface area contributed by atoms with Gasteiger partial charge in [0.1, 0.15) is 0 Å². The molecule has 6 atom stereocenters. The van der Waals surface area contributed by atoms with Crippen LogP contribution in [0.1, 0.15) is 52.4 Å². The van der Waals surface area contributed by atoms with Crippen LogP contribution in [0.25, 0.3) is 0 Å². The predicted molar refractivity (Wildman–Crippen MR) is 65.0 cm³/mol. The second kappa shape index (κ2) is 5.05. The summed E-state index contributed by atoms with van der Waals surface area (Å²) >= 11 is 0. The van der Waals surface area contributed by atoms with Gasteiger partial charge in [-0.05, 0) is 55.8 Å². The van der Waals surface area contributed by atoms with Crippen LogP contribution in [0, 0.1) is 23.7 Å². The normalized spacial score (nSPS) is 50.2. The summed E-state index contributed by atoms with van der Waals surface area (Å²) < 4.78 is 0. The molecule has 2 nitrogen and oxygen atoms in total. The maximum Gasteiger partial charge on any atom is 0.0568 e. The van der Waals surface area contributed by atoms with Gasteiger partial charge in [0.25, 0.3) is 0 Å². The van der Waals surface area contributed by atoms with Gasteiger partial charge >= 0.3 is 0 Å². The molecule has 2 aliphatic rings. The third-order valence-electron chi connectivity index (χ3n) is 5.08. The minimum Gasteiger partial charge on any atom is -0.393 e. The fourth-order valence-corrected chi connectivity index (χ4v) is 4.01. The molecule has 0 aromatic carbocycles. The number of hydrogen-bond acceptors (Lipinski definition) is 2. The highest BCUT2D eigenvalue weighted by Gasteiger charge is 2.38. The maximum atomic E-state index is 9.97. The van der Waals surface area contributed by atoms with E-state index >= 15 is 0 Å². The Morgan fingerprint density at radius 3 is 2.31 bits per heavy atom. The molecule has 0 aromatic heterocycles. The Morgan fingerprint density at radius 1 is 0.875 bits per heavy atom. The average molecular weight is 226 g/mol. The minimum absolute atomic E-state index is 0.0740. The summed E-state index contributed by atoms with van der Waals surface area (Å²) in [4.78, 5) is 0. The lowest BCUT2D eigenvalue weighted by Crippen LogP contribution is -2.39. The Bertz CT molecular complexity index is 229. The second-order valence-electron chi connectivity index (χ2n) is 6.13. The number of rotatable bonds is 1. The molecule has 0 spiro atoms. The number of aliphatic hydroxyl groups is 2. The van der Waals surface area contributed by atoms with E-state index in [1.807, 2.05) is 0 Å². The summed E-state index contributed by atoms with van der Waals surface area (Å²) in [5.41, 5.74) is 0. The molecule has 0 saturated heterocycles. The van der Waals surface area contributed by atoms with Gasteiger partial charge in [-0.3, -0.25) is 0 Å². The molecule has 0 bridgehead atoms. The fraction of sp³-hybridized carbons (Fsp3) is 1.00. The lowest BCUT2D eigenvalue weighted by molar-refractivity contribution is -0.0194. The first-order chi connectivity index (χ1) is 7.59. The molecule has 0 aliphatic heterocycles. The van der Waals surface area contributed by atoms with Gasteiger partial charge in [-0.25, -0.2) is 0 Å². The third kappa shape index (κ3) is 2.43. The standard InChI is InChI=1S/C14H26O2/c1-9-8-11(15)6-7-12(9)13-4-3-5-14(16)10(13)2/h9-16H,3-8H2,1-2H3. The van der Waals surface area contributed by atoms with E-state index in [4.69, 9.17) is 0 Å². The zero-order valence-corrected chi connectivity index (χ0v) is 10.6. The van der Waals surface area contributed by atoms with Gasteiger partial charge < -0.3 is 10.2 Å². The van der Waals surface area contributed by atoms with E-state index < -0.39 is 0 Å². The van der Waals surface area contributed by atoms with Gasteiger partial charge in [0.2, 0.25) is 0 Å². The van der Waals surface area contributed by atoms with Crippen LogP contribution in [0.3, 0.4) is 0 Å². The summed E-state index contributed by atoms with van der Waals surface area (Å²) in [6, 6.07) is 0. The molecule has 2 N–H and O–H groups in total. The van der Waals surface area contributed by atoms with Crippen molar-refractivity contribution >= 4 is 0 Å². The molecule has 2 heteroatoms. The molecule has 0 radical (unpaired) electrons. The van der Waals surface area contributed by atoms with Crippen molar-refractivity contribution in [3.8, 4) is 0 Å². The van der Waals surface area contributed by atoms with Crippen LogP contribution in [0.4, 0.5) is 0 Å². The van der Waals surface area contributed by atoms with Gasteiger partial charge in [0, 0.05) is 0 Å². The smallest absolute Gasteiger partial charge is 0.0568 e. The SMILES string of the molecule is CC1CC(O)CCC1C1CCCC(O)C1C. The first-order valence-corrected chi connectivity index (χ1v) is 6.95. The summed E-state index contributed by atoms with van der Waals surface area (Å²) in [6.07, 6.45) is 6.38.